The smallest absolute Gasteiger partial charge is 0.341 e. The molecule has 1 unspecified atom stereocenters. The molecule has 2 heterocycles. The van der Waals surface area contributed by atoms with Gasteiger partial charge in [0.05, 0.1) is 17.7 Å². The lowest BCUT2D eigenvalue weighted by Gasteiger charge is -2.24. The van der Waals surface area contributed by atoms with E-state index in [1.807, 2.05) is 31.2 Å². The molecule has 1 N–H and O–H groups in total. The van der Waals surface area contributed by atoms with Crippen molar-refractivity contribution in [3.8, 4) is 11.1 Å². The largest absolute Gasteiger partial charge is 0.462 e. The number of hydrogen-bond donors (Lipinski definition) is 1. The highest BCUT2D eigenvalue weighted by atomic mass is 32.1. The van der Waals surface area contributed by atoms with Gasteiger partial charge in [0.1, 0.15) is 16.6 Å². The van der Waals surface area contributed by atoms with Gasteiger partial charge in [0.2, 0.25) is 5.91 Å². The number of ether oxygens (including phenoxy) is 1. The summed E-state index contributed by atoms with van der Waals surface area (Å²) in [4.78, 5) is 52.9. The van der Waals surface area contributed by atoms with E-state index < -0.39 is 29.7 Å². The Hall–Kier alpha value is -3.78. The third-order valence-corrected chi connectivity index (χ3v) is 6.59. The van der Waals surface area contributed by atoms with Crippen LogP contribution in [0.25, 0.3) is 11.1 Å². The van der Waals surface area contributed by atoms with Gasteiger partial charge in [-0.1, -0.05) is 48.9 Å². The van der Waals surface area contributed by atoms with Crippen LogP contribution in [-0.2, 0) is 9.53 Å². The van der Waals surface area contributed by atoms with Crippen molar-refractivity contribution >= 4 is 40.0 Å². The topological polar surface area (TPSA) is 92.8 Å². The lowest BCUT2D eigenvalue weighted by molar-refractivity contribution is -0.120. The molecule has 174 valence electrons. The summed E-state index contributed by atoms with van der Waals surface area (Å²) in [6.45, 7) is 5.59. The Kier molecular flexibility index (Phi) is 6.61. The van der Waals surface area contributed by atoms with Crippen molar-refractivity contribution in [2.45, 2.75) is 33.2 Å². The monoisotopic (exact) mass is 476 g/mol. The highest BCUT2D eigenvalue weighted by molar-refractivity contribution is 7.15. The average Bonchev–Trinajstić information content (AvgIpc) is 3.35. The summed E-state index contributed by atoms with van der Waals surface area (Å²) < 4.78 is 5.26. The number of amides is 3. The van der Waals surface area contributed by atoms with Gasteiger partial charge in [0, 0.05) is 10.9 Å². The van der Waals surface area contributed by atoms with Crippen LogP contribution in [0.4, 0.5) is 5.00 Å². The molecule has 1 atom stereocenters. The van der Waals surface area contributed by atoms with E-state index in [1.165, 1.54) is 11.3 Å². The van der Waals surface area contributed by atoms with Crippen molar-refractivity contribution in [1.29, 1.82) is 0 Å². The number of benzene rings is 2. The van der Waals surface area contributed by atoms with Crippen molar-refractivity contribution in [1.82, 2.24) is 4.90 Å². The molecule has 0 bridgehead atoms. The van der Waals surface area contributed by atoms with Crippen molar-refractivity contribution in [2.24, 2.45) is 0 Å². The van der Waals surface area contributed by atoms with E-state index in [9.17, 15) is 19.2 Å². The molecule has 0 saturated carbocycles. The van der Waals surface area contributed by atoms with Gasteiger partial charge in [-0.15, -0.1) is 11.3 Å². The van der Waals surface area contributed by atoms with Gasteiger partial charge in [-0.05, 0) is 38.0 Å². The first-order valence-corrected chi connectivity index (χ1v) is 11.9. The number of carbonyl (C=O) groups is 4. The number of hydrogen-bond acceptors (Lipinski definition) is 6. The molecule has 3 amide bonds. The van der Waals surface area contributed by atoms with Crippen LogP contribution in [0, 0.1) is 6.92 Å². The van der Waals surface area contributed by atoms with E-state index in [-0.39, 0.29) is 29.7 Å². The van der Waals surface area contributed by atoms with E-state index in [0.717, 1.165) is 16.0 Å². The lowest BCUT2D eigenvalue weighted by Crippen LogP contribution is -2.46. The predicted octanol–water partition coefficient (Wildman–Crippen LogP) is 4.91. The third-order valence-electron chi connectivity index (χ3n) is 5.70. The summed E-state index contributed by atoms with van der Waals surface area (Å²) in [6.07, 6.45) is 0.224. The minimum Gasteiger partial charge on any atom is -0.462 e. The molecule has 34 heavy (non-hydrogen) atoms. The molecule has 4 rings (SSSR count). The van der Waals surface area contributed by atoms with Crippen LogP contribution >= 0.6 is 11.3 Å². The Morgan fingerprint density at radius 2 is 1.59 bits per heavy atom. The molecule has 0 fully saturated rings. The Morgan fingerprint density at radius 1 is 0.971 bits per heavy atom. The van der Waals surface area contributed by atoms with Crippen LogP contribution in [0.3, 0.4) is 0 Å². The quantitative estimate of drug-likeness (QED) is 0.386. The maximum Gasteiger partial charge on any atom is 0.341 e. The van der Waals surface area contributed by atoms with Crippen molar-refractivity contribution in [3.63, 3.8) is 0 Å². The molecule has 0 saturated heterocycles. The molecule has 0 aliphatic carbocycles. The summed E-state index contributed by atoms with van der Waals surface area (Å²) >= 11 is 1.20. The highest BCUT2D eigenvalue weighted by Gasteiger charge is 2.42. The molecule has 2 aromatic carbocycles. The van der Waals surface area contributed by atoms with Gasteiger partial charge in [-0.3, -0.25) is 19.3 Å². The van der Waals surface area contributed by atoms with Crippen LogP contribution in [0.1, 0.15) is 56.9 Å². The number of nitrogens with zero attached hydrogens (tertiary/aromatic N) is 1. The molecule has 0 radical (unpaired) electrons. The lowest BCUT2D eigenvalue weighted by atomic mass is 10.0. The number of fused-ring (bicyclic) bond motifs is 1. The van der Waals surface area contributed by atoms with Gasteiger partial charge in [-0.2, -0.15) is 0 Å². The summed E-state index contributed by atoms with van der Waals surface area (Å²) in [5.74, 6) is -2.09. The van der Waals surface area contributed by atoms with Gasteiger partial charge < -0.3 is 10.1 Å². The normalized spacial score (nSPS) is 13.6. The summed E-state index contributed by atoms with van der Waals surface area (Å²) in [6, 6.07) is 13.2. The summed E-state index contributed by atoms with van der Waals surface area (Å²) in [5.41, 5.74) is 3.36. The first kappa shape index (κ1) is 23.4. The van der Waals surface area contributed by atoms with E-state index in [2.05, 4.69) is 5.32 Å². The maximum atomic E-state index is 13.3. The van der Waals surface area contributed by atoms with Crippen LogP contribution in [0.15, 0.2) is 53.9 Å². The second kappa shape index (κ2) is 9.61. The Balaban J connectivity index is 1.66. The number of thiophene rings is 1. The first-order valence-electron chi connectivity index (χ1n) is 11.0. The van der Waals surface area contributed by atoms with Gasteiger partial charge in [0.15, 0.2) is 0 Å². The van der Waals surface area contributed by atoms with E-state index in [4.69, 9.17) is 4.74 Å². The zero-order valence-corrected chi connectivity index (χ0v) is 19.9. The number of imide groups is 1. The first-order chi connectivity index (χ1) is 16.4. The molecule has 1 aliphatic heterocycles. The zero-order valence-electron chi connectivity index (χ0n) is 19.1. The van der Waals surface area contributed by atoms with E-state index >= 15 is 0 Å². The summed E-state index contributed by atoms with van der Waals surface area (Å²) in [5, 5.41) is 4.88. The Morgan fingerprint density at radius 3 is 2.15 bits per heavy atom. The molecule has 8 heteroatoms. The van der Waals surface area contributed by atoms with Crippen LogP contribution < -0.4 is 5.32 Å². The van der Waals surface area contributed by atoms with Crippen molar-refractivity contribution in [3.05, 3.63) is 76.2 Å². The number of aryl methyl sites for hydroxylation is 1. The second-order valence-electron chi connectivity index (χ2n) is 7.88. The minimum absolute atomic E-state index is 0.183. The zero-order chi connectivity index (χ0) is 24.4. The number of esters is 1. The van der Waals surface area contributed by atoms with Gasteiger partial charge >= 0.3 is 5.97 Å². The van der Waals surface area contributed by atoms with E-state index in [1.54, 1.807) is 43.5 Å². The molecule has 0 spiro atoms. The molecule has 7 nitrogen and oxygen atoms in total. The number of nitrogens with one attached hydrogen (secondary N) is 1. The second-order valence-corrected chi connectivity index (χ2v) is 8.76. The SMILES string of the molecule is CCOC(=O)c1c(-c2ccc(C)cc2)csc1NC(=O)C(CC)N1C(=O)c2ccccc2C1=O. The molecule has 1 aliphatic rings. The van der Waals surface area contributed by atoms with Crippen molar-refractivity contribution in [2.75, 3.05) is 11.9 Å². The van der Waals surface area contributed by atoms with Crippen LogP contribution in [0.5, 0.6) is 0 Å². The van der Waals surface area contributed by atoms with Crippen molar-refractivity contribution < 1.29 is 23.9 Å². The van der Waals surface area contributed by atoms with Gasteiger partial charge in [0.25, 0.3) is 11.8 Å². The number of rotatable bonds is 7. The Labute approximate surface area is 201 Å². The summed E-state index contributed by atoms with van der Waals surface area (Å²) in [7, 11) is 0. The fourth-order valence-electron chi connectivity index (χ4n) is 3.97. The minimum atomic E-state index is -1.02. The molecular formula is C26H24N2O5S. The predicted molar refractivity (Wildman–Crippen MR) is 130 cm³/mol. The van der Waals surface area contributed by atoms with E-state index in [0.29, 0.717) is 10.6 Å². The van der Waals surface area contributed by atoms with Crippen LogP contribution in [0.2, 0.25) is 0 Å². The Bertz CT molecular complexity index is 1240. The standard InChI is InChI=1S/C26H24N2O5S/c1-4-20(28-24(30)17-8-6-7-9-18(17)25(28)31)22(29)27-23-21(26(32)33-5-2)19(14-34-23)16-12-10-15(3)11-13-16/h6-14,20H,4-5H2,1-3H3,(H,27,29). The van der Waals surface area contributed by atoms with Gasteiger partial charge in [-0.25, -0.2) is 4.79 Å². The fourth-order valence-corrected chi connectivity index (χ4v) is 4.93. The fraction of sp³-hybridized carbons (Fsp3) is 0.231. The number of carbonyl (C=O) groups excluding carboxylic acids is 4. The number of anilines is 1. The third kappa shape index (κ3) is 4.12. The average molecular weight is 477 g/mol. The highest BCUT2D eigenvalue weighted by Crippen LogP contribution is 2.37. The maximum absolute atomic E-state index is 13.3. The van der Waals surface area contributed by atoms with Crippen LogP contribution in [-0.4, -0.2) is 41.2 Å². The molecule has 1 aromatic heterocycles. The molecular weight excluding hydrogens is 452 g/mol. The molecule has 3 aromatic rings.